The lowest BCUT2D eigenvalue weighted by atomic mass is 10.1. The fourth-order valence-corrected chi connectivity index (χ4v) is 1.52. The zero-order chi connectivity index (χ0) is 14.9. The average molecular weight is 283 g/mol. The molecule has 0 bridgehead atoms. The molecule has 0 heterocycles. The van der Waals surface area contributed by atoms with Crippen molar-refractivity contribution < 1.29 is 28.2 Å². The van der Waals surface area contributed by atoms with E-state index in [0.29, 0.717) is 6.07 Å². The van der Waals surface area contributed by atoms with Gasteiger partial charge in [0.1, 0.15) is 5.82 Å². The minimum atomic E-state index is -1.39. The first kappa shape index (κ1) is 13.7. The quantitative estimate of drug-likeness (QED) is 0.586. The lowest BCUT2D eigenvalue weighted by molar-refractivity contribution is 0.102. The van der Waals surface area contributed by atoms with Gasteiger partial charge in [-0.15, -0.1) is 0 Å². The molecule has 3 N–H and O–H groups in total. The Morgan fingerprint density at radius 1 is 1.00 bits per heavy atom. The molecule has 0 aliphatic heterocycles. The lowest BCUT2D eigenvalue weighted by Gasteiger charge is -2.09. The summed E-state index contributed by atoms with van der Waals surface area (Å²) in [7, 11) is 0. The van der Waals surface area contributed by atoms with E-state index in [-0.39, 0.29) is 11.6 Å². The van der Waals surface area contributed by atoms with Crippen LogP contribution >= 0.6 is 0 Å². The third-order valence-electron chi connectivity index (χ3n) is 2.52. The van der Waals surface area contributed by atoms with Gasteiger partial charge in [-0.3, -0.25) is 4.79 Å². The van der Waals surface area contributed by atoms with Gasteiger partial charge in [-0.1, -0.05) is 6.07 Å². The fourth-order valence-electron chi connectivity index (χ4n) is 1.52. The number of aromatic hydroxyl groups is 2. The summed E-state index contributed by atoms with van der Waals surface area (Å²) in [5.41, 5.74) is -0.925. The molecule has 2 aromatic rings. The van der Waals surface area contributed by atoms with Crippen molar-refractivity contribution >= 4 is 11.6 Å². The number of benzene rings is 2. The number of phenolic OH excluding ortho intramolecular Hbond substituents is 2. The molecule has 104 valence electrons. The van der Waals surface area contributed by atoms with E-state index < -0.39 is 40.5 Å². The predicted octanol–water partition coefficient (Wildman–Crippen LogP) is 2.77. The van der Waals surface area contributed by atoms with Crippen molar-refractivity contribution in [3.63, 3.8) is 0 Å². The normalized spacial score (nSPS) is 10.3. The van der Waals surface area contributed by atoms with Crippen LogP contribution in [0.4, 0.5) is 18.9 Å². The standard InChI is InChI=1S/C13H8F3NO3/c14-7-4-9(16)10(5-8(7)15)17-13(20)6-2-1-3-11(18)12(6)19/h1-5,18-19H,(H,17,20). The second kappa shape index (κ2) is 5.12. The Labute approximate surface area is 111 Å². The van der Waals surface area contributed by atoms with Crippen molar-refractivity contribution in [2.24, 2.45) is 0 Å². The summed E-state index contributed by atoms with van der Waals surface area (Å²) in [5.74, 6) is -6.11. The van der Waals surface area contributed by atoms with Crippen molar-refractivity contribution in [1.82, 2.24) is 0 Å². The van der Waals surface area contributed by atoms with Crippen LogP contribution in [0.3, 0.4) is 0 Å². The number of para-hydroxylation sites is 1. The summed E-state index contributed by atoms with van der Waals surface area (Å²) >= 11 is 0. The molecule has 20 heavy (non-hydrogen) atoms. The molecule has 2 rings (SSSR count). The molecule has 0 saturated carbocycles. The van der Waals surface area contributed by atoms with E-state index in [1.807, 2.05) is 5.32 Å². The second-order valence-electron chi connectivity index (χ2n) is 3.87. The number of amides is 1. The molecule has 0 unspecified atom stereocenters. The largest absolute Gasteiger partial charge is 0.504 e. The van der Waals surface area contributed by atoms with Gasteiger partial charge in [-0.05, 0) is 12.1 Å². The molecule has 0 saturated heterocycles. The van der Waals surface area contributed by atoms with Gasteiger partial charge in [0.15, 0.2) is 23.1 Å². The molecule has 2 aromatic carbocycles. The highest BCUT2D eigenvalue weighted by Crippen LogP contribution is 2.29. The SMILES string of the molecule is O=C(Nc1cc(F)c(F)cc1F)c1cccc(O)c1O. The van der Waals surface area contributed by atoms with Gasteiger partial charge < -0.3 is 15.5 Å². The number of halogens is 3. The van der Waals surface area contributed by atoms with Crippen LogP contribution in [0.15, 0.2) is 30.3 Å². The first-order valence-electron chi connectivity index (χ1n) is 5.37. The summed E-state index contributed by atoms with van der Waals surface area (Å²) < 4.78 is 39.1. The molecule has 1 amide bonds. The Morgan fingerprint density at radius 2 is 1.65 bits per heavy atom. The monoisotopic (exact) mass is 283 g/mol. The summed E-state index contributed by atoms with van der Waals surface area (Å²) in [6.07, 6.45) is 0. The van der Waals surface area contributed by atoms with Crippen molar-refractivity contribution in [3.8, 4) is 11.5 Å². The zero-order valence-electron chi connectivity index (χ0n) is 9.82. The number of nitrogens with one attached hydrogen (secondary N) is 1. The molecule has 0 radical (unpaired) electrons. The maximum absolute atomic E-state index is 13.4. The Hall–Kier alpha value is -2.70. The highest BCUT2D eigenvalue weighted by Gasteiger charge is 2.17. The van der Waals surface area contributed by atoms with Crippen LogP contribution in [-0.2, 0) is 0 Å². The molecule has 0 aliphatic carbocycles. The van der Waals surface area contributed by atoms with Gasteiger partial charge >= 0.3 is 0 Å². The van der Waals surface area contributed by atoms with Crippen LogP contribution in [0.2, 0.25) is 0 Å². The second-order valence-corrected chi connectivity index (χ2v) is 3.87. The smallest absolute Gasteiger partial charge is 0.259 e. The van der Waals surface area contributed by atoms with Gasteiger partial charge in [0.05, 0.1) is 11.3 Å². The lowest BCUT2D eigenvalue weighted by Crippen LogP contribution is -2.13. The maximum atomic E-state index is 13.4. The summed E-state index contributed by atoms with van der Waals surface area (Å²) in [5, 5.41) is 20.7. The van der Waals surface area contributed by atoms with Crippen molar-refractivity contribution in [2.75, 3.05) is 5.32 Å². The minimum Gasteiger partial charge on any atom is -0.504 e. The topological polar surface area (TPSA) is 69.6 Å². The van der Waals surface area contributed by atoms with E-state index in [9.17, 15) is 28.2 Å². The van der Waals surface area contributed by atoms with E-state index in [4.69, 9.17) is 0 Å². The molecular weight excluding hydrogens is 275 g/mol. The first-order chi connectivity index (χ1) is 9.40. The van der Waals surface area contributed by atoms with Crippen LogP contribution in [-0.4, -0.2) is 16.1 Å². The Morgan fingerprint density at radius 3 is 2.35 bits per heavy atom. The third kappa shape index (κ3) is 2.51. The Balaban J connectivity index is 2.33. The van der Waals surface area contributed by atoms with Gasteiger partial charge in [-0.25, -0.2) is 13.2 Å². The van der Waals surface area contributed by atoms with Crippen LogP contribution in [0.25, 0.3) is 0 Å². The van der Waals surface area contributed by atoms with Crippen LogP contribution in [0.1, 0.15) is 10.4 Å². The van der Waals surface area contributed by atoms with Gasteiger partial charge in [0.25, 0.3) is 5.91 Å². The van der Waals surface area contributed by atoms with E-state index in [0.717, 1.165) is 6.07 Å². The summed E-state index contributed by atoms with van der Waals surface area (Å²) in [6.45, 7) is 0. The van der Waals surface area contributed by atoms with Crippen molar-refractivity contribution in [1.29, 1.82) is 0 Å². The molecular formula is C13H8F3NO3. The minimum absolute atomic E-state index is 0.285. The number of anilines is 1. The molecule has 0 aromatic heterocycles. The van der Waals surface area contributed by atoms with E-state index in [1.165, 1.54) is 12.1 Å². The third-order valence-corrected chi connectivity index (χ3v) is 2.52. The average Bonchev–Trinajstić information content (AvgIpc) is 2.39. The van der Waals surface area contributed by atoms with Crippen LogP contribution < -0.4 is 5.32 Å². The number of rotatable bonds is 2. The summed E-state index contributed by atoms with van der Waals surface area (Å²) in [6, 6.07) is 4.35. The number of carbonyl (C=O) groups is 1. The number of phenols is 2. The van der Waals surface area contributed by atoms with E-state index >= 15 is 0 Å². The molecule has 0 atom stereocenters. The fraction of sp³-hybridized carbons (Fsp3) is 0. The summed E-state index contributed by atoms with van der Waals surface area (Å²) in [4.78, 5) is 11.8. The molecule has 4 nitrogen and oxygen atoms in total. The van der Waals surface area contributed by atoms with Crippen LogP contribution in [0, 0.1) is 17.5 Å². The molecule has 0 aliphatic rings. The van der Waals surface area contributed by atoms with Crippen molar-refractivity contribution in [3.05, 3.63) is 53.3 Å². The molecule has 0 fully saturated rings. The highest BCUT2D eigenvalue weighted by molar-refractivity contribution is 6.06. The molecule has 7 heteroatoms. The maximum Gasteiger partial charge on any atom is 0.259 e. The van der Waals surface area contributed by atoms with Crippen LogP contribution in [0.5, 0.6) is 11.5 Å². The van der Waals surface area contributed by atoms with Gasteiger partial charge in [0.2, 0.25) is 0 Å². The predicted molar refractivity (Wildman–Crippen MR) is 64.0 cm³/mol. The van der Waals surface area contributed by atoms with Crippen molar-refractivity contribution in [2.45, 2.75) is 0 Å². The Kier molecular flexibility index (Phi) is 3.51. The van der Waals surface area contributed by atoms with E-state index in [2.05, 4.69) is 0 Å². The van der Waals surface area contributed by atoms with E-state index in [1.54, 1.807) is 0 Å². The zero-order valence-corrected chi connectivity index (χ0v) is 9.82. The highest BCUT2D eigenvalue weighted by atomic mass is 19.2. The molecule has 0 spiro atoms. The first-order valence-corrected chi connectivity index (χ1v) is 5.37. The number of hydrogen-bond acceptors (Lipinski definition) is 3. The Bertz CT molecular complexity index is 689. The van der Waals surface area contributed by atoms with Gasteiger partial charge in [0, 0.05) is 12.1 Å². The number of hydrogen-bond donors (Lipinski definition) is 3. The number of carbonyl (C=O) groups excluding carboxylic acids is 1. The van der Waals surface area contributed by atoms with Gasteiger partial charge in [-0.2, -0.15) is 0 Å².